The Kier molecular flexibility index (Phi) is 4.13. The van der Waals surface area contributed by atoms with Gasteiger partial charge < -0.3 is 9.80 Å². The Morgan fingerprint density at radius 2 is 1.04 bits per heavy atom. The van der Waals surface area contributed by atoms with Crippen molar-refractivity contribution in [3.05, 3.63) is 47.5 Å². The highest BCUT2D eigenvalue weighted by Gasteiger charge is 2.23. The second-order valence-electron chi connectivity index (χ2n) is 6.44. The van der Waals surface area contributed by atoms with Crippen LogP contribution in [-0.4, -0.2) is 36.1 Å². The lowest BCUT2D eigenvalue weighted by molar-refractivity contribution is 0.589. The molecule has 4 nitrogen and oxygen atoms in total. The van der Waals surface area contributed by atoms with Crippen molar-refractivity contribution in [2.75, 3.05) is 36.0 Å². The molecular weight excluding hydrogens is 412 g/mol. The number of thiazole rings is 2. The summed E-state index contributed by atoms with van der Waals surface area (Å²) in [4.78, 5) is 12.6. The lowest BCUT2D eigenvalue weighted by Crippen LogP contribution is -2.46. The van der Waals surface area contributed by atoms with Crippen LogP contribution in [0.2, 0.25) is 0 Å². The lowest BCUT2D eigenvalue weighted by Gasteiger charge is -2.34. The molecule has 0 radical (unpaired) electrons. The zero-order valence-corrected chi connectivity index (χ0v) is 15.9. The zero-order chi connectivity index (χ0) is 19.4. The maximum Gasteiger partial charge on any atom is 0.186 e. The standard InChI is InChI=1S/C18H12F4N4S2/c19-9-5-11(21)15-13(7-9)27-17(23-15)25-1-2-26(4-3-25)18-24-16-12(22)6-10(20)8-14(16)28-18/h5-8H,1-4H2. The van der Waals surface area contributed by atoms with Crippen LogP contribution in [0.5, 0.6) is 0 Å². The molecule has 10 heteroatoms. The van der Waals surface area contributed by atoms with Crippen LogP contribution < -0.4 is 9.80 Å². The normalized spacial score (nSPS) is 15.1. The Labute approximate surface area is 164 Å². The predicted molar refractivity (Wildman–Crippen MR) is 103 cm³/mol. The Balaban J connectivity index is 1.36. The number of rotatable bonds is 2. The predicted octanol–water partition coefficient (Wildman–Crippen LogP) is 4.79. The fraction of sp³-hybridized carbons (Fsp3) is 0.222. The summed E-state index contributed by atoms with van der Waals surface area (Å²) in [6, 6.07) is 4.23. The summed E-state index contributed by atoms with van der Waals surface area (Å²) in [7, 11) is 0. The van der Waals surface area contributed by atoms with Gasteiger partial charge in [-0.1, -0.05) is 22.7 Å². The van der Waals surface area contributed by atoms with Gasteiger partial charge in [0.1, 0.15) is 22.7 Å². The maximum atomic E-state index is 13.9. The quantitative estimate of drug-likeness (QED) is 0.433. The van der Waals surface area contributed by atoms with Crippen LogP contribution in [0, 0.1) is 23.3 Å². The Morgan fingerprint density at radius 1 is 0.643 bits per heavy atom. The number of anilines is 2. The third-order valence-electron chi connectivity index (χ3n) is 4.62. The highest BCUT2D eigenvalue weighted by molar-refractivity contribution is 7.22. The van der Waals surface area contributed by atoms with Crippen molar-refractivity contribution >= 4 is 53.4 Å². The number of piperazine rings is 1. The van der Waals surface area contributed by atoms with Crippen molar-refractivity contribution < 1.29 is 17.6 Å². The van der Waals surface area contributed by atoms with Crippen LogP contribution in [-0.2, 0) is 0 Å². The van der Waals surface area contributed by atoms with Gasteiger partial charge in [0.25, 0.3) is 0 Å². The number of benzene rings is 2. The summed E-state index contributed by atoms with van der Waals surface area (Å²) in [6.07, 6.45) is 0. The highest BCUT2D eigenvalue weighted by atomic mass is 32.1. The Bertz CT molecular complexity index is 1100. The minimum absolute atomic E-state index is 0.174. The minimum Gasteiger partial charge on any atom is -0.345 e. The Hall–Kier alpha value is -2.46. The molecule has 5 rings (SSSR count). The van der Waals surface area contributed by atoms with Gasteiger partial charge in [0, 0.05) is 38.3 Å². The van der Waals surface area contributed by atoms with E-state index in [-0.39, 0.29) is 11.0 Å². The number of hydrogen-bond donors (Lipinski definition) is 0. The van der Waals surface area contributed by atoms with E-state index in [1.807, 2.05) is 9.80 Å². The largest absolute Gasteiger partial charge is 0.345 e. The zero-order valence-electron chi connectivity index (χ0n) is 14.3. The topological polar surface area (TPSA) is 32.3 Å². The third kappa shape index (κ3) is 2.96. The van der Waals surface area contributed by atoms with Gasteiger partial charge in [0.05, 0.1) is 9.40 Å². The van der Waals surface area contributed by atoms with E-state index in [4.69, 9.17) is 0 Å². The molecule has 2 aromatic heterocycles. The second kappa shape index (κ2) is 6.56. The van der Waals surface area contributed by atoms with Gasteiger partial charge in [0.15, 0.2) is 21.9 Å². The van der Waals surface area contributed by atoms with Crippen molar-refractivity contribution in [3.63, 3.8) is 0 Å². The van der Waals surface area contributed by atoms with Gasteiger partial charge in [-0.15, -0.1) is 0 Å². The van der Waals surface area contributed by atoms with Crippen LogP contribution in [0.4, 0.5) is 27.8 Å². The fourth-order valence-corrected chi connectivity index (χ4v) is 5.36. The molecule has 0 aliphatic carbocycles. The van der Waals surface area contributed by atoms with E-state index in [2.05, 4.69) is 9.97 Å². The summed E-state index contributed by atoms with van der Waals surface area (Å²) >= 11 is 2.50. The highest BCUT2D eigenvalue weighted by Crippen LogP contribution is 2.34. The molecular formula is C18H12F4N4S2. The van der Waals surface area contributed by atoms with Crippen LogP contribution in [0.25, 0.3) is 20.4 Å². The van der Waals surface area contributed by atoms with Gasteiger partial charge in [-0.25, -0.2) is 27.5 Å². The number of nitrogens with zero attached hydrogens (tertiary/aromatic N) is 4. The molecule has 2 aromatic carbocycles. The van der Waals surface area contributed by atoms with Gasteiger partial charge in [-0.3, -0.25) is 0 Å². The third-order valence-corrected chi connectivity index (χ3v) is 6.75. The molecule has 1 saturated heterocycles. The van der Waals surface area contributed by atoms with Crippen LogP contribution in [0.15, 0.2) is 24.3 Å². The Morgan fingerprint density at radius 3 is 1.43 bits per heavy atom. The van der Waals surface area contributed by atoms with Crippen LogP contribution in [0.1, 0.15) is 0 Å². The van der Waals surface area contributed by atoms with Gasteiger partial charge in [-0.05, 0) is 12.1 Å². The minimum atomic E-state index is -0.667. The molecule has 0 bridgehead atoms. The molecule has 4 aromatic rings. The summed E-state index contributed by atoms with van der Waals surface area (Å²) < 4.78 is 55.5. The van der Waals surface area contributed by atoms with Crippen molar-refractivity contribution in [2.45, 2.75) is 0 Å². The smallest absolute Gasteiger partial charge is 0.186 e. The van der Waals surface area contributed by atoms with E-state index in [1.165, 1.54) is 34.8 Å². The van der Waals surface area contributed by atoms with E-state index < -0.39 is 23.3 Å². The molecule has 0 saturated carbocycles. The van der Waals surface area contributed by atoms with E-state index in [0.29, 0.717) is 45.8 Å². The van der Waals surface area contributed by atoms with Gasteiger partial charge >= 0.3 is 0 Å². The molecule has 144 valence electrons. The first-order valence-electron chi connectivity index (χ1n) is 8.49. The summed E-state index contributed by atoms with van der Waals surface area (Å²) in [5, 5.41) is 1.27. The SMILES string of the molecule is Fc1cc(F)c2nc(N3CCN(c4nc5c(F)cc(F)cc5s4)CC3)sc2c1. The lowest BCUT2D eigenvalue weighted by atomic mass is 10.3. The molecule has 1 aliphatic rings. The average Bonchev–Trinajstić information content (AvgIpc) is 3.26. The summed E-state index contributed by atoms with van der Waals surface area (Å²) in [5.41, 5.74) is 0.347. The van der Waals surface area contributed by atoms with E-state index in [9.17, 15) is 17.6 Å². The molecule has 0 unspecified atom stereocenters. The van der Waals surface area contributed by atoms with Crippen molar-refractivity contribution in [3.8, 4) is 0 Å². The number of aromatic nitrogens is 2. The van der Waals surface area contributed by atoms with Crippen molar-refractivity contribution in [1.29, 1.82) is 0 Å². The first-order valence-corrected chi connectivity index (χ1v) is 10.1. The molecule has 3 heterocycles. The number of hydrogen-bond acceptors (Lipinski definition) is 6. The van der Waals surface area contributed by atoms with Crippen molar-refractivity contribution in [1.82, 2.24) is 9.97 Å². The van der Waals surface area contributed by atoms with Crippen LogP contribution >= 0.6 is 22.7 Å². The van der Waals surface area contributed by atoms with Gasteiger partial charge in [0.2, 0.25) is 0 Å². The monoisotopic (exact) mass is 424 g/mol. The molecule has 0 N–H and O–H groups in total. The summed E-state index contributed by atoms with van der Waals surface area (Å²) in [6.45, 7) is 2.43. The van der Waals surface area contributed by atoms with Gasteiger partial charge in [-0.2, -0.15) is 0 Å². The molecule has 28 heavy (non-hydrogen) atoms. The van der Waals surface area contributed by atoms with E-state index in [1.54, 1.807) is 0 Å². The molecule has 0 amide bonds. The number of halogens is 4. The van der Waals surface area contributed by atoms with Crippen molar-refractivity contribution in [2.24, 2.45) is 0 Å². The van der Waals surface area contributed by atoms with Crippen LogP contribution in [0.3, 0.4) is 0 Å². The molecule has 1 aliphatic heterocycles. The summed E-state index contributed by atoms with van der Waals surface area (Å²) in [5.74, 6) is -2.58. The fourth-order valence-electron chi connectivity index (χ4n) is 3.25. The van der Waals surface area contributed by atoms with E-state index >= 15 is 0 Å². The number of fused-ring (bicyclic) bond motifs is 2. The van der Waals surface area contributed by atoms with E-state index in [0.717, 1.165) is 12.1 Å². The maximum absolute atomic E-state index is 13.9. The molecule has 0 atom stereocenters. The molecule has 1 fully saturated rings. The first kappa shape index (κ1) is 17.6. The molecule has 0 spiro atoms. The average molecular weight is 424 g/mol. The second-order valence-corrected chi connectivity index (χ2v) is 8.45. The first-order chi connectivity index (χ1) is 13.5.